The zero-order valence-corrected chi connectivity index (χ0v) is 17.2. The van der Waals surface area contributed by atoms with Crippen molar-refractivity contribution in [3.05, 3.63) is 92.8 Å². The van der Waals surface area contributed by atoms with Gasteiger partial charge in [0.25, 0.3) is 0 Å². The van der Waals surface area contributed by atoms with Crippen molar-refractivity contribution >= 4 is 23.4 Å². The number of nitrogens with one attached hydrogen (secondary N) is 1. The van der Waals surface area contributed by atoms with Crippen molar-refractivity contribution in [2.24, 2.45) is 0 Å². The van der Waals surface area contributed by atoms with E-state index in [0.717, 1.165) is 22.4 Å². The minimum absolute atomic E-state index is 0.00169. The van der Waals surface area contributed by atoms with Crippen LogP contribution in [-0.4, -0.2) is 16.7 Å². The van der Waals surface area contributed by atoms with Gasteiger partial charge in [0.15, 0.2) is 5.78 Å². The van der Waals surface area contributed by atoms with Crippen LogP contribution in [-0.2, 0) is 17.8 Å². The van der Waals surface area contributed by atoms with Crippen molar-refractivity contribution in [2.45, 2.75) is 39.2 Å². The van der Waals surface area contributed by atoms with Gasteiger partial charge in [0, 0.05) is 22.7 Å². The van der Waals surface area contributed by atoms with E-state index in [0.29, 0.717) is 34.7 Å². The molecule has 1 atom stereocenters. The maximum atomic E-state index is 12.8. The molecule has 1 heterocycles. The number of aromatic nitrogens is 1. The van der Waals surface area contributed by atoms with E-state index in [-0.39, 0.29) is 18.3 Å². The second-order valence-corrected chi connectivity index (χ2v) is 8.00. The zero-order valence-electron chi connectivity index (χ0n) is 16.4. The summed E-state index contributed by atoms with van der Waals surface area (Å²) >= 11 is 6.33. The second kappa shape index (κ2) is 7.88. The molecular weight excluding hydrogens is 386 g/mol. The topological polar surface area (TPSA) is 59.2 Å². The second-order valence-electron chi connectivity index (χ2n) is 7.59. The number of halogens is 1. The monoisotopic (exact) mass is 407 g/mol. The normalized spacial score (nSPS) is 15.8. The van der Waals surface area contributed by atoms with Gasteiger partial charge in [-0.05, 0) is 48.9 Å². The standard InChI is InChI=1S/C24H22ClNO3/c1-14-7-9-16(10-8-14)13-29-24(28)23-15(2)22-20(26-23)11-17(12-21(22)27)18-5-3-4-6-19(18)25/h3-10,17,26H,11-13H2,1-2H3. The van der Waals surface area contributed by atoms with Crippen LogP contribution in [0.4, 0.5) is 0 Å². The molecule has 0 aliphatic heterocycles. The van der Waals surface area contributed by atoms with Crippen LogP contribution in [0.5, 0.6) is 0 Å². The number of ether oxygens (including phenoxy) is 1. The smallest absolute Gasteiger partial charge is 0.355 e. The minimum Gasteiger partial charge on any atom is -0.456 e. The zero-order chi connectivity index (χ0) is 20.5. The number of rotatable bonds is 4. The first-order valence-corrected chi connectivity index (χ1v) is 10.0. The summed E-state index contributed by atoms with van der Waals surface area (Å²) in [6, 6.07) is 15.4. The van der Waals surface area contributed by atoms with Crippen molar-refractivity contribution in [1.82, 2.24) is 4.98 Å². The first-order chi connectivity index (χ1) is 13.9. The number of carbonyl (C=O) groups is 2. The molecule has 3 aromatic rings. The Morgan fingerprint density at radius 2 is 1.83 bits per heavy atom. The minimum atomic E-state index is -0.445. The number of benzene rings is 2. The van der Waals surface area contributed by atoms with Gasteiger partial charge in [-0.2, -0.15) is 0 Å². The molecule has 0 bridgehead atoms. The lowest BCUT2D eigenvalue weighted by Gasteiger charge is -2.22. The molecule has 1 N–H and O–H groups in total. The van der Waals surface area contributed by atoms with Gasteiger partial charge < -0.3 is 9.72 Å². The molecule has 1 aromatic heterocycles. The van der Waals surface area contributed by atoms with Crippen molar-refractivity contribution in [3.8, 4) is 0 Å². The molecule has 148 valence electrons. The maximum absolute atomic E-state index is 12.8. The average molecular weight is 408 g/mol. The molecule has 2 aromatic carbocycles. The predicted octanol–water partition coefficient (Wildman–Crippen LogP) is 5.55. The van der Waals surface area contributed by atoms with E-state index in [4.69, 9.17) is 16.3 Å². The third-order valence-corrected chi connectivity index (χ3v) is 5.87. The fraction of sp³-hybridized carbons (Fsp3) is 0.250. The summed E-state index contributed by atoms with van der Waals surface area (Å²) in [4.78, 5) is 28.6. The summed E-state index contributed by atoms with van der Waals surface area (Å²) in [7, 11) is 0. The van der Waals surface area contributed by atoms with E-state index in [1.165, 1.54) is 0 Å². The summed E-state index contributed by atoms with van der Waals surface area (Å²) in [5.41, 5.74) is 5.46. The number of fused-ring (bicyclic) bond motifs is 1. The lowest BCUT2D eigenvalue weighted by molar-refractivity contribution is 0.0465. The van der Waals surface area contributed by atoms with Crippen LogP contribution in [0.1, 0.15) is 61.1 Å². The lowest BCUT2D eigenvalue weighted by atomic mass is 9.81. The molecule has 1 unspecified atom stereocenters. The highest BCUT2D eigenvalue weighted by Gasteiger charge is 2.32. The largest absolute Gasteiger partial charge is 0.456 e. The van der Waals surface area contributed by atoms with E-state index in [1.807, 2.05) is 55.5 Å². The Bertz CT molecular complexity index is 1080. The van der Waals surface area contributed by atoms with Gasteiger partial charge in [-0.15, -0.1) is 0 Å². The van der Waals surface area contributed by atoms with Crippen LogP contribution in [0.2, 0.25) is 5.02 Å². The number of aromatic amines is 1. The molecule has 0 fully saturated rings. The van der Waals surface area contributed by atoms with E-state index >= 15 is 0 Å². The quantitative estimate of drug-likeness (QED) is 0.576. The fourth-order valence-electron chi connectivity index (χ4n) is 3.97. The number of H-pyrrole nitrogens is 1. The van der Waals surface area contributed by atoms with Gasteiger partial charge in [0.1, 0.15) is 12.3 Å². The summed E-state index contributed by atoms with van der Waals surface area (Å²) < 4.78 is 5.48. The van der Waals surface area contributed by atoms with Gasteiger partial charge in [-0.25, -0.2) is 4.79 Å². The summed E-state index contributed by atoms with van der Waals surface area (Å²) in [5.74, 6) is -0.416. The first-order valence-electron chi connectivity index (χ1n) is 9.65. The predicted molar refractivity (Wildman–Crippen MR) is 113 cm³/mol. The van der Waals surface area contributed by atoms with Gasteiger partial charge in [0.2, 0.25) is 0 Å². The number of hydrogen-bond acceptors (Lipinski definition) is 3. The molecular formula is C24H22ClNO3. The fourth-order valence-corrected chi connectivity index (χ4v) is 4.26. The van der Waals surface area contributed by atoms with Crippen LogP contribution in [0.15, 0.2) is 48.5 Å². The van der Waals surface area contributed by atoms with Crippen LogP contribution >= 0.6 is 11.6 Å². The van der Waals surface area contributed by atoms with E-state index in [1.54, 1.807) is 6.92 Å². The highest BCUT2D eigenvalue weighted by molar-refractivity contribution is 6.31. The molecule has 0 saturated heterocycles. The van der Waals surface area contributed by atoms with Crippen LogP contribution in [0.25, 0.3) is 0 Å². The highest BCUT2D eigenvalue weighted by Crippen LogP contribution is 2.37. The molecule has 0 spiro atoms. The number of ketones is 1. The molecule has 4 nitrogen and oxygen atoms in total. The Labute approximate surface area is 174 Å². The number of esters is 1. The number of carbonyl (C=O) groups excluding carboxylic acids is 2. The number of aryl methyl sites for hydroxylation is 1. The van der Waals surface area contributed by atoms with E-state index in [9.17, 15) is 9.59 Å². The van der Waals surface area contributed by atoms with Crippen molar-refractivity contribution in [1.29, 1.82) is 0 Å². The van der Waals surface area contributed by atoms with Crippen LogP contribution < -0.4 is 0 Å². The Hall–Kier alpha value is -2.85. The van der Waals surface area contributed by atoms with Crippen molar-refractivity contribution < 1.29 is 14.3 Å². The Kier molecular flexibility index (Phi) is 5.29. The Morgan fingerprint density at radius 1 is 1.10 bits per heavy atom. The third-order valence-electron chi connectivity index (χ3n) is 5.53. The van der Waals surface area contributed by atoms with Crippen molar-refractivity contribution in [2.75, 3.05) is 0 Å². The molecule has 0 radical (unpaired) electrons. The van der Waals surface area contributed by atoms with Crippen molar-refractivity contribution in [3.63, 3.8) is 0 Å². The van der Waals surface area contributed by atoms with E-state index < -0.39 is 5.97 Å². The summed E-state index contributed by atoms with van der Waals surface area (Å²) in [5, 5.41) is 0.662. The average Bonchev–Trinajstić information content (AvgIpc) is 3.04. The summed E-state index contributed by atoms with van der Waals surface area (Å²) in [6.45, 7) is 4.00. The first kappa shape index (κ1) is 19.5. The molecule has 1 aliphatic rings. The highest BCUT2D eigenvalue weighted by atomic mass is 35.5. The van der Waals surface area contributed by atoms with Crippen LogP contribution in [0, 0.1) is 13.8 Å². The van der Waals surface area contributed by atoms with Gasteiger partial charge in [-0.3, -0.25) is 4.79 Å². The Balaban J connectivity index is 1.55. The van der Waals surface area contributed by atoms with Gasteiger partial charge in [0.05, 0.1) is 0 Å². The number of Topliss-reactive ketones (excluding diaryl/α,β-unsaturated/α-hetero) is 1. The van der Waals surface area contributed by atoms with E-state index in [2.05, 4.69) is 4.98 Å². The molecule has 5 heteroatoms. The maximum Gasteiger partial charge on any atom is 0.355 e. The molecule has 4 rings (SSSR count). The summed E-state index contributed by atoms with van der Waals surface area (Å²) in [6.07, 6.45) is 1.02. The molecule has 29 heavy (non-hydrogen) atoms. The Morgan fingerprint density at radius 3 is 2.55 bits per heavy atom. The molecule has 0 amide bonds. The molecule has 1 aliphatic carbocycles. The third kappa shape index (κ3) is 3.85. The van der Waals surface area contributed by atoms with Gasteiger partial charge in [-0.1, -0.05) is 59.6 Å². The molecule has 0 saturated carbocycles. The van der Waals surface area contributed by atoms with Gasteiger partial charge >= 0.3 is 5.97 Å². The lowest BCUT2D eigenvalue weighted by Crippen LogP contribution is -2.18. The SMILES string of the molecule is Cc1ccc(COC(=O)c2[nH]c3c(c2C)C(=O)CC(c2ccccc2Cl)C3)cc1. The van der Waals surface area contributed by atoms with Crippen LogP contribution in [0.3, 0.4) is 0 Å². The number of hydrogen-bond donors (Lipinski definition) is 1.